The lowest BCUT2D eigenvalue weighted by atomic mass is 10.00. The van der Waals surface area contributed by atoms with Gasteiger partial charge < -0.3 is 5.32 Å². The Morgan fingerprint density at radius 1 is 1.42 bits per heavy atom. The molecule has 3 unspecified atom stereocenters. The molecule has 0 amide bonds. The van der Waals surface area contributed by atoms with Gasteiger partial charge in [-0.25, -0.2) is 0 Å². The lowest BCUT2D eigenvalue weighted by Gasteiger charge is -2.34. The molecule has 1 saturated carbocycles. The normalized spacial score (nSPS) is 32.7. The van der Waals surface area contributed by atoms with E-state index in [-0.39, 0.29) is 0 Å². The van der Waals surface area contributed by atoms with Crippen molar-refractivity contribution in [2.45, 2.75) is 26.2 Å². The number of nitrogens with one attached hydrogen (secondary N) is 1. The van der Waals surface area contributed by atoms with Gasteiger partial charge in [-0.05, 0) is 50.6 Å². The molecule has 1 heterocycles. The highest BCUT2D eigenvalue weighted by molar-refractivity contribution is 7.86. The van der Waals surface area contributed by atoms with Gasteiger partial charge in [-0.3, -0.25) is 0 Å². The second kappa shape index (κ2) is 6.08. The molecule has 2 rings (SSSR count). The third kappa shape index (κ3) is 3.68. The fourth-order valence-corrected chi connectivity index (χ4v) is 4.50. The standard InChI is InChI=1S/C13H27N3O2S/c1-11-7-13(11)10-15(3)19(17,18)16-6-4-5-12(9-16)8-14-2/h11-14H,4-10H2,1-3H3. The first kappa shape index (κ1) is 15.2. The maximum Gasteiger partial charge on any atom is 0.281 e. The zero-order valence-corrected chi connectivity index (χ0v) is 13.1. The van der Waals surface area contributed by atoms with Gasteiger partial charge in [0, 0.05) is 26.7 Å². The number of piperidine rings is 1. The summed E-state index contributed by atoms with van der Waals surface area (Å²) in [6, 6.07) is 0. The first-order valence-corrected chi connectivity index (χ1v) is 8.71. The minimum Gasteiger partial charge on any atom is -0.319 e. The second-order valence-corrected chi connectivity index (χ2v) is 8.22. The van der Waals surface area contributed by atoms with Gasteiger partial charge >= 0.3 is 0 Å². The average Bonchev–Trinajstić information content (AvgIpc) is 3.05. The van der Waals surface area contributed by atoms with Crippen LogP contribution in [0.3, 0.4) is 0 Å². The minimum absolute atomic E-state index is 0.446. The summed E-state index contributed by atoms with van der Waals surface area (Å²) in [5.74, 6) is 1.70. The molecule has 1 N–H and O–H groups in total. The monoisotopic (exact) mass is 289 g/mol. The summed E-state index contributed by atoms with van der Waals surface area (Å²) in [5.41, 5.74) is 0. The zero-order valence-electron chi connectivity index (χ0n) is 12.3. The molecule has 2 fully saturated rings. The van der Waals surface area contributed by atoms with Crippen LogP contribution >= 0.6 is 0 Å². The second-order valence-electron chi connectivity index (χ2n) is 6.19. The first-order valence-electron chi connectivity index (χ1n) is 7.31. The summed E-state index contributed by atoms with van der Waals surface area (Å²) >= 11 is 0. The molecule has 3 atom stereocenters. The topological polar surface area (TPSA) is 52.7 Å². The van der Waals surface area contributed by atoms with Crippen molar-refractivity contribution in [3.63, 3.8) is 0 Å². The predicted octanol–water partition coefficient (Wildman–Crippen LogP) is 0.750. The molecule has 1 aliphatic heterocycles. The van der Waals surface area contributed by atoms with Crippen LogP contribution in [0, 0.1) is 17.8 Å². The Balaban J connectivity index is 1.93. The molecule has 5 nitrogen and oxygen atoms in total. The molecular formula is C13H27N3O2S. The van der Waals surface area contributed by atoms with E-state index in [0.29, 0.717) is 37.4 Å². The average molecular weight is 289 g/mol. The molecular weight excluding hydrogens is 262 g/mol. The molecule has 0 aromatic heterocycles. The van der Waals surface area contributed by atoms with Crippen molar-refractivity contribution in [3.05, 3.63) is 0 Å². The van der Waals surface area contributed by atoms with Crippen LogP contribution in [0.2, 0.25) is 0 Å². The zero-order chi connectivity index (χ0) is 14.0. The fraction of sp³-hybridized carbons (Fsp3) is 1.00. The number of nitrogens with zero attached hydrogens (tertiary/aromatic N) is 2. The van der Waals surface area contributed by atoms with Gasteiger partial charge in [-0.2, -0.15) is 17.0 Å². The Labute approximate surface area is 117 Å². The summed E-state index contributed by atoms with van der Waals surface area (Å²) in [6.45, 7) is 5.10. The molecule has 0 aromatic carbocycles. The van der Waals surface area contributed by atoms with Crippen LogP contribution in [0.15, 0.2) is 0 Å². The summed E-state index contributed by atoms with van der Waals surface area (Å²) < 4.78 is 28.3. The summed E-state index contributed by atoms with van der Waals surface area (Å²) in [7, 11) is 0.396. The molecule has 6 heteroatoms. The van der Waals surface area contributed by atoms with Gasteiger partial charge in [-0.15, -0.1) is 0 Å². The van der Waals surface area contributed by atoms with E-state index >= 15 is 0 Å². The van der Waals surface area contributed by atoms with Crippen molar-refractivity contribution >= 4 is 10.2 Å². The van der Waals surface area contributed by atoms with Crippen molar-refractivity contribution in [1.29, 1.82) is 0 Å². The highest BCUT2D eigenvalue weighted by Gasteiger charge is 2.38. The molecule has 0 spiro atoms. The quantitative estimate of drug-likeness (QED) is 0.785. The molecule has 0 radical (unpaired) electrons. The minimum atomic E-state index is -3.25. The van der Waals surface area contributed by atoms with Crippen LogP contribution in [-0.4, -0.2) is 57.3 Å². The van der Waals surface area contributed by atoms with Crippen molar-refractivity contribution in [1.82, 2.24) is 13.9 Å². The van der Waals surface area contributed by atoms with E-state index in [1.807, 2.05) is 7.05 Å². The number of hydrogen-bond donors (Lipinski definition) is 1. The Bertz CT molecular complexity index is 397. The molecule has 19 heavy (non-hydrogen) atoms. The van der Waals surface area contributed by atoms with E-state index in [1.165, 1.54) is 6.42 Å². The van der Waals surface area contributed by atoms with Gasteiger partial charge in [0.25, 0.3) is 10.2 Å². The SMILES string of the molecule is CNCC1CCCN(S(=O)(=O)N(C)CC2CC2C)C1. The largest absolute Gasteiger partial charge is 0.319 e. The van der Waals surface area contributed by atoms with Crippen LogP contribution in [0.25, 0.3) is 0 Å². The lowest BCUT2D eigenvalue weighted by Crippen LogP contribution is -2.48. The highest BCUT2D eigenvalue weighted by Crippen LogP contribution is 2.38. The van der Waals surface area contributed by atoms with Crippen molar-refractivity contribution in [2.75, 3.05) is 40.3 Å². The Hall–Kier alpha value is -0.170. The summed E-state index contributed by atoms with van der Waals surface area (Å²) in [5, 5.41) is 3.15. The first-order chi connectivity index (χ1) is 8.95. The van der Waals surface area contributed by atoms with E-state index in [1.54, 1.807) is 15.7 Å². The van der Waals surface area contributed by atoms with Gasteiger partial charge in [0.15, 0.2) is 0 Å². The van der Waals surface area contributed by atoms with Crippen molar-refractivity contribution in [2.24, 2.45) is 17.8 Å². The Kier molecular flexibility index (Phi) is 4.87. The van der Waals surface area contributed by atoms with Crippen molar-refractivity contribution < 1.29 is 8.42 Å². The van der Waals surface area contributed by atoms with Crippen LogP contribution in [-0.2, 0) is 10.2 Å². The van der Waals surface area contributed by atoms with E-state index in [4.69, 9.17) is 0 Å². The van der Waals surface area contributed by atoms with Gasteiger partial charge in [-0.1, -0.05) is 6.92 Å². The molecule has 0 bridgehead atoms. The third-order valence-corrected chi connectivity index (χ3v) is 6.38. The van der Waals surface area contributed by atoms with Gasteiger partial charge in [0.2, 0.25) is 0 Å². The van der Waals surface area contributed by atoms with E-state index in [9.17, 15) is 8.42 Å². The lowest BCUT2D eigenvalue weighted by molar-refractivity contribution is 0.248. The van der Waals surface area contributed by atoms with Crippen molar-refractivity contribution in [3.8, 4) is 0 Å². The predicted molar refractivity (Wildman–Crippen MR) is 77.0 cm³/mol. The Morgan fingerprint density at radius 3 is 2.68 bits per heavy atom. The van der Waals surface area contributed by atoms with Crippen LogP contribution < -0.4 is 5.32 Å². The molecule has 1 aliphatic carbocycles. The summed E-state index contributed by atoms with van der Waals surface area (Å²) in [4.78, 5) is 0. The summed E-state index contributed by atoms with van der Waals surface area (Å²) in [6.07, 6.45) is 3.26. The maximum atomic E-state index is 12.5. The molecule has 1 saturated heterocycles. The number of rotatable bonds is 6. The maximum absolute atomic E-state index is 12.5. The van der Waals surface area contributed by atoms with E-state index < -0.39 is 10.2 Å². The fourth-order valence-electron chi connectivity index (χ4n) is 2.97. The van der Waals surface area contributed by atoms with E-state index in [2.05, 4.69) is 12.2 Å². The molecule has 2 aliphatic rings. The third-order valence-electron chi connectivity index (χ3n) is 4.46. The Morgan fingerprint density at radius 2 is 2.11 bits per heavy atom. The van der Waals surface area contributed by atoms with Crippen LogP contribution in [0.5, 0.6) is 0 Å². The molecule has 0 aromatic rings. The smallest absolute Gasteiger partial charge is 0.281 e. The number of hydrogen-bond acceptors (Lipinski definition) is 3. The molecule has 112 valence electrons. The van der Waals surface area contributed by atoms with Crippen LogP contribution in [0.1, 0.15) is 26.2 Å². The van der Waals surface area contributed by atoms with Gasteiger partial charge in [0.1, 0.15) is 0 Å². The van der Waals surface area contributed by atoms with Crippen LogP contribution in [0.4, 0.5) is 0 Å². The highest BCUT2D eigenvalue weighted by atomic mass is 32.2. The van der Waals surface area contributed by atoms with E-state index in [0.717, 1.165) is 19.4 Å². The van der Waals surface area contributed by atoms with Gasteiger partial charge in [0.05, 0.1) is 0 Å².